The van der Waals surface area contributed by atoms with Crippen LogP contribution in [0.25, 0.3) is 0 Å². The molecule has 0 bridgehead atoms. The Kier molecular flexibility index (Phi) is 6.07. The lowest BCUT2D eigenvalue weighted by Gasteiger charge is -2.29. The summed E-state index contributed by atoms with van der Waals surface area (Å²) in [4.78, 5) is 2.46. The van der Waals surface area contributed by atoms with Gasteiger partial charge >= 0.3 is 0 Å². The van der Waals surface area contributed by atoms with Crippen LogP contribution in [0.5, 0.6) is 5.75 Å². The molecular formula is C18H30N2O. The van der Waals surface area contributed by atoms with Crippen molar-refractivity contribution in [3.05, 3.63) is 29.3 Å². The van der Waals surface area contributed by atoms with E-state index in [1.165, 1.54) is 11.1 Å². The van der Waals surface area contributed by atoms with Gasteiger partial charge in [-0.25, -0.2) is 0 Å². The zero-order valence-electron chi connectivity index (χ0n) is 14.0. The topological polar surface area (TPSA) is 24.5 Å². The van der Waals surface area contributed by atoms with Gasteiger partial charge in [-0.2, -0.15) is 0 Å². The first-order valence-electron chi connectivity index (χ1n) is 8.38. The fourth-order valence-corrected chi connectivity index (χ4v) is 2.92. The van der Waals surface area contributed by atoms with Gasteiger partial charge in [-0.1, -0.05) is 39.8 Å². The van der Waals surface area contributed by atoms with Gasteiger partial charge in [0.1, 0.15) is 5.75 Å². The molecule has 3 nitrogen and oxygen atoms in total. The Balaban J connectivity index is 2.01. The number of hydrogen-bond acceptors (Lipinski definition) is 3. The van der Waals surface area contributed by atoms with Gasteiger partial charge < -0.3 is 15.0 Å². The van der Waals surface area contributed by atoms with E-state index in [1.54, 1.807) is 0 Å². The Morgan fingerprint density at radius 3 is 2.71 bits per heavy atom. The minimum atomic E-state index is 0.433. The molecule has 1 aliphatic rings. The van der Waals surface area contributed by atoms with Crippen LogP contribution in [-0.2, 0) is 0 Å². The van der Waals surface area contributed by atoms with Gasteiger partial charge in [-0.05, 0) is 30.6 Å². The molecule has 0 aromatic heterocycles. The number of nitrogens with one attached hydrogen (secondary N) is 1. The summed E-state index contributed by atoms with van der Waals surface area (Å²) < 4.78 is 5.81. The third kappa shape index (κ3) is 4.21. The Bertz CT molecular complexity index is 441. The number of nitrogens with zero attached hydrogens (tertiary/aromatic N) is 1. The van der Waals surface area contributed by atoms with E-state index in [1.807, 2.05) is 0 Å². The Labute approximate surface area is 129 Å². The quantitative estimate of drug-likeness (QED) is 0.831. The number of ether oxygens (including phenoxy) is 1. The van der Waals surface area contributed by atoms with Gasteiger partial charge in [0.25, 0.3) is 0 Å². The molecule has 1 heterocycles. The summed E-state index contributed by atoms with van der Waals surface area (Å²) >= 11 is 0. The molecule has 0 saturated carbocycles. The van der Waals surface area contributed by atoms with Crippen LogP contribution < -0.4 is 10.1 Å². The minimum absolute atomic E-state index is 0.433. The Hall–Kier alpha value is -1.06. The molecule has 3 heteroatoms. The van der Waals surface area contributed by atoms with Gasteiger partial charge in [0.05, 0.1) is 6.61 Å². The number of likely N-dealkylation sites (N-methyl/N-ethyl adjacent to an activating group) is 1. The smallest absolute Gasteiger partial charge is 0.124 e. The average Bonchev–Trinajstić information content (AvgIpc) is 2.51. The van der Waals surface area contributed by atoms with Crippen molar-refractivity contribution in [1.29, 1.82) is 0 Å². The lowest BCUT2D eigenvalue weighted by molar-refractivity contribution is 0.242. The SMILES string of the molecule is CCN(CC)CCNC1CCOc2ccc(C(C)C)cc21. The highest BCUT2D eigenvalue weighted by atomic mass is 16.5. The van der Waals surface area contributed by atoms with Crippen LogP contribution in [0.1, 0.15) is 57.2 Å². The molecule has 118 valence electrons. The average molecular weight is 290 g/mol. The Morgan fingerprint density at radius 1 is 1.29 bits per heavy atom. The van der Waals surface area contributed by atoms with Crippen molar-refractivity contribution in [3.63, 3.8) is 0 Å². The molecule has 0 fully saturated rings. The van der Waals surface area contributed by atoms with E-state index >= 15 is 0 Å². The number of rotatable bonds is 7. The van der Waals surface area contributed by atoms with Crippen molar-refractivity contribution < 1.29 is 4.74 Å². The lowest BCUT2D eigenvalue weighted by atomic mass is 9.94. The standard InChI is InChI=1S/C18H30N2O/c1-5-20(6-2)11-10-19-17-9-12-21-18-8-7-15(14(3)4)13-16(17)18/h7-8,13-14,17,19H,5-6,9-12H2,1-4H3. The molecule has 2 rings (SSSR count). The van der Waals surface area contributed by atoms with Crippen molar-refractivity contribution in [2.75, 3.05) is 32.8 Å². The van der Waals surface area contributed by atoms with Gasteiger partial charge in [-0.3, -0.25) is 0 Å². The van der Waals surface area contributed by atoms with Gasteiger partial charge in [0.15, 0.2) is 0 Å². The summed E-state index contributed by atoms with van der Waals surface area (Å²) in [6.45, 7) is 14.2. The van der Waals surface area contributed by atoms with Gasteiger partial charge in [0.2, 0.25) is 0 Å². The predicted octanol–water partition coefficient (Wildman–Crippen LogP) is 3.57. The molecule has 1 unspecified atom stereocenters. The van der Waals surface area contributed by atoms with E-state index in [4.69, 9.17) is 4.74 Å². The Morgan fingerprint density at radius 2 is 2.05 bits per heavy atom. The molecule has 21 heavy (non-hydrogen) atoms. The summed E-state index contributed by atoms with van der Waals surface area (Å²) in [7, 11) is 0. The van der Waals surface area contributed by atoms with E-state index in [0.717, 1.165) is 45.0 Å². The third-order valence-corrected chi connectivity index (χ3v) is 4.45. The van der Waals surface area contributed by atoms with Crippen molar-refractivity contribution in [2.45, 2.75) is 46.1 Å². The van der Waals surface area contributed by atoms with Crippen LogP contribution in [0.3, 0.4) is 0 Å². The molecule has 0 aliphatic carbocycles. The normalized spacial score (nSPS) is 17.9. The van der Waals surface area contributed by atoms with Gasteiger partial charge in [-0.15, -0.1) is 0 Å². The second-order valence-corrected chi connectivity index (χ2v) is 6.12. The molecule has 1 aromatic rings. The number of benzene rings is 1. The van der Waals surface area contributed by atoms with Gasteiger partial charge in [0, 0.05) is 31.1 Å². The van der Waals surface area contributed by atoms with Crippen LogP contribution >= 0.6 is 0 Å². The van der Waals surface area contributed by atoms with E-state index in [9.17, 15) is 0 Å². The van der Waals surface area contributed by atoms with Crippen molar-refractivity contribution in [3.8, 4) is 5.75 Å². The monoisotopic (exact) mass is 290 g/mol. The molecule has 0 saturated heterocycles. The third-order valence-electron chi connectivity index (χ3n) is 4.45. The molecule has 1 aromatic carbocycles. The summed E-state index contributed by atoms with van der Waals surface area (Å²) in [6.07, 6.45) is 1.06. The highest BCUT2D eigenvalue weighted by Crippen LogP contribution is 2.34. The summed E-state index contributed by atoms with van der Waals surface area (Å²) in [5, 5.41) is 3.72. The van der Waals surface area contributed by atoms with Crippen molar-refractivity contribution in [1.82, 2.24) is 10.2 Å². The first-order valence-corrected chi connectivity index (χ1v) is 8.38. The second-order valence-electron chi connectivity index (χ2n) is 6.12. The first kappa shape index (κ1) is 16.3. The molecule has 0 spiro atoms. The zero-order valence-corrected chi connectivity index (χ0v) is 14.0. The van der Waals surface area contributed by atoms with Crippen LogP contribution in [0.15, 0.2) is 18.2 Å². The van der Waals surface area contributed by atoms with E-state index in [0.29, 0.717) is 12.0 Å². The molecule has 0 amide bonds. The molecule has 0 radical (unpaired) electrons. The second kappa shape index (κ2) is 7.81. The van der Waals surface area contributed by atoms with E-state index in [2.05, 4.69) is 56.1 Å². The fraction of sp³-hybridized carbons (Fsp3) is 0.667. The van der Waals surface area contributed by atoms with E-state index < -0.39 is 0 Å². The van der Waals surface area contributed by atoms with Crippen molar-refractivity contribution >= 4 is 0 Å². The first-order chi connectivity index (χ1) is 10.2. The summed E-state index contributed by atoms with van der Waals surface area (Å²) in [5.41, 5.74) is 2.74. The molecule has 1 atom stereocenters. The van der Waals surface area contributed by atoms with Crippen LogP contribution in [0.4, 0.5) is 0 Å². The molecule has 1 N–H and O–H groups in total. The fourth-order valence-electron chi connectivity index (χ4n) is 2.92. The maximum Gasteiger partial charge on any atom is 0.124 e. The highest BCUT2D eigenvalue weighted by molar-refractivity contribution is 5.41. The van der Waals surface area contributed by atoms with Crippen LogP contribution in [-0.4, -0.2) is 37.7 Å². The maximum absolute atomic E-state index is 5.81. The lowest BCUT2D eigenvalue weighted by Crippen LogP contribution is -2.35. The molecular weight excluding hydrogens is 260 g/mol. The van der Waals surface area contributed by atoms with E-state index in [-0.39, 0.29) is 0 Å². The largest absolute Gasteiger partial charge is 0.493 e. The molecule has 1 aliphatic heterocycles. The predicted molar refractivity (Wildman–Crippen MR) is 89.2 cm³/mol. The zero-order chi connectivity index (χ0) is 15.2. The summed E-state index contributed by atoms with van der Waals surface area (Å²) in [6, 6.07) is 7.10. The van der Waals surface area contributed by atoms with Crippen molar-refractivity contribution in [2.24, 2.45) is 0 Å². The minimum Gasteiger partial charge on any atom is -0.493 e. The highest BCUT2D eigenvalue weighted by Gasteiger charge is 2.21. The maximum atomic E-state index is 5.81. The van der Waals surface area contributed by atoms with Crippen LogP contribution in [0, 0.1) is 0 Å². The number of hydrogen-bond donors (Lipinski definition) is 1. The summed E-state index contributed by atoms with van der Waals surface area (Å²) in [5.74, 6) is 1.62. The van der Waals surface area contributed by atoms with Crippen LogP contribution in [0.2, 0.25) is 0 Å². The number of fused-ring (bicyclic) bond motifs is 1.